The van der Waals surface area contributed by atoms with Crippen LogP contribution in [0.3, 0.4) is 0 Å². The van der Waals surface area contributed by atoms with E-state index in [0.717, 1.165) is 11.1 Å². The highest BCUT2D eigenvalue weighted by atomic mass is 19.1. The molecule has 4 heteroatoms. The molecule has 0 aliphatic rings. The quantitative estimate of drug-likeness (QED) is 0.918. The highest BCUT2D eigenvalue weighted by Gasteiger charge is 2.15. The summed E-state index contributed by atoms with van der Waals surface area (Å²) in [5.41, 5.74) is 7.59. The van der Waals surface area contributed by atoms with Crippen molar-refractivity contribution < 1.29 is 13.9 Å². The fourth-order valence-electron chi connectivity index (χ4n) is 2.04. The number of rotatable bonds is 4. The largest absolute Gasteiger partial charge is 0.496 e. The highest BCUT2D eigenvalue weighted by Crippen LogP contribution is 2.36. The van der Waals surface area contributed by atoms with Gasteiger partial charge in [-0.1, -0.05) is 12.1 Å². The van der Waals surface area contributed by atoms with Crippen molar-refractivity contribution >= 4 is 0 Å². The van der Waals surface area contributed by atoms with Gasteiger partial charge in [-0.2, -0.15) is 0 Å². The predicted molar refractivity (Wildman–Crippen MR) is 76.8 cm³/mol. The summed E-state index contributed by atoms with van der Waals surface area (Å²) in [5, 5.41) is 0. The third-order valence-electron chi connectivity index (χ3n) is 3.07. The monoisotopic (exact) mass is 275 g/mol. The molecule has 0 fully saturated rings. The minimum absolute atomic E-state index is 0.255. The summed E-state index contributed by atoms with van der Waals surface area (Å²) in [5.74, 6) is 1.37. The summed E-state index contributed by atoms with van der Waals surface area (Å²) in [6.07, 6.45) is 0. The number of ether oxygens (including phenoxy) is 2. The summed E-state index contributed by atoms with van der Waals surface area (Å²) in [6, 6.07) is 9.62. The zero-order valence-electron chi connectivity index (χ0n) is 11.8. The Morgan fingerprint density at radius 2 is 1.80 bits per heavy atom. The van der Waals surface area contributed by atoms with E-state index >= 15 is 0 Å². The standard InChI is InChI=1S/C16H18FNO2/c1-10-7-8-12(17)9-15(10)20-14-6-4-5-13(19-3)16(14)11(2)18/h4-9,11H,18H2,1-3H3. The van der Waals surface area contributed by atoms with E-state index in [4.69, 9.17) is 15.2 Å². The van der Waals surface area contributed by atoms with E-state index in [1.165, 1.54) is 12.1 Å². The van der Waals surface area contributed by atoms with Gasteiger partial charge in [-0.05, 0) is 37.6 Å². The normalized spacial score (nSPS) is 12.1. The number of nitrogens with two attached hydrogens (primary N) is 1. The predicted octanol–water partition coefficient (Wildman–Crippen LogP) is 3.95. The Labute approximate surface area is 118 Å². The van der Waals surface area contributed by atoms with Crippen molar-refractivity contribution in [3.05, 3.63) is 53.3 Å². The molecule has 20 heavy (non-hydrogen) atoms. The van der Waals surface area contributed by atoms with E-state index in [9.17, 15) is 4.39 Å². The minimum Gasteiger partial charge on any atom is -0.496 e. The molecule has 3 nitrogen and oxygen atoms in total. The molecule has 106 valence electrons. The van der Waals surface area contributed by atoms with Crippen molar-refractivity contribution in [3.8, 4) is 17.2 Å². The molecule has 0 saturated carbocycles. The number of methoxy groups -OCH3 is 1. The van der Waals surface area contributed by atoms with Gasteiger partial charge in [0.25, 0.3) is 0 Å². The molecular weight excluding hydrogens is 257 g/mol. The molecule has 0 aliphatic carbocycles. The van der Waals surface area contributed by atoms with E-state index in [0.29, 0.717) is 17.2 Å². The summed E-state index contributed by atoms with van der Waals surface area (Å²) in [6.45, 7) is 3.71. The molecule has 0 aromatic heterocycles. The van der Waals surface area contributed by atoms with Gasteiger partial charge in [0.1, 0.15) is 23.1 Å². The Morgan fingerprint density at radius 3 is 2.45 bits per heavy atom. The topological polar surface area (TPSA) is 44.5 Å². The maximum absolute atomic E-state index is 13.3. The first-order valence-electron chi connectivity index (χ1n) is 6.39. The molecule has 1 atom stereocenters. The Bertz CT molecular complexity index is 611. The molecule has 0 heterocycles. The minimum atomic E-state index is -0.337. The van der Waals surface area contributed by atoms with Gasteiger partial charge in [0.05, 0.1) is 12.7 Å². The van der Waals surface area contributed by atoms with Gasteiger partial charge < -0.3 is 15.2 Å². The summed E-state index contributed by atoms with van der Waals surface area (Å²) < 4.78 is 24.5. The van der Waals surface area contributed by atoms with E-state index in [2.05, 4.69) is 0 Å². The van der Waals surface area contributed by atoms with Gasteiger partial charge in [-0.15, -0.1) is 0 Å². The zero-order valence-corrected chi connectivity index (χ0v) is 11.8. The van der Waals surface area contributed by atoms with E-state index in [-0.39, 0.29) is 11.9 Å². The van der Waals surface area contributed by atoms with Crippen LogP contribution in [0.1, 0.15) is 24.1 Å². The van der Waals surface area contributed by atoms with Crippen LogP contribution in [0.4, 0.5) is 4.39 Å². The lowest BCUT2D eigenvalue weighted by molar-refractivity contribution is 0.397. The first-order valence-corrected chi connectivity index (χ1v) is 6.39. The molecule has 0 bridgehead atoms. The Balaban J connectivity index is 2.45. The number of hydrogen-bond donors (Lipinski definition) is 1. The van der Waals surface area contributed by atoms with Gasteiger partial charge in [0, 0.05) is 12.1 Å². The molecule has 0 spiro atoms. The van der Waals surface area contributed by atoms with Crippen LogP contribution in [-0.2, 0) is 0 Å². The second-order valence-corrected chi connectivity index (χ2v) is 4.67. The van der Waals surface area contributed by atoms with Crippen molar-refractivity contribution in [2.75, 3.05) is 7.11 Å². The molecule has 2 aromatic carbocycles. The third-order valence-corrected chi connectivity index (χ3v) is 3.07. The van der Waals surface area contributed by atoms with Crippen LogP contribution in [0.25, 0.3) is 0 Å². The lowest BCUT2D eigenvalue weighted by Crippen LogP contribution is -2.09. The van der Waals surface area contributed by atoms with Crippen molar-refractivity contribution in [3.63, 3.8) is 0 Å². The van der Waals surface area contributed by atoms with Gasteiger partial charge in [-0.25, -0.2) is 4.39 Å². The summed E-state index contributed by atoms with van der Waals surface area (Å²) >= 11 is 0. The fraction of sp³-hybridized carbons (Fsp3) is 0.250. The number of hydrogen-bond acceptors (Lipinski definition) is 3. The van der Waals surface area contributed by atoms with Crippen LogP contribution >= 0.6 is 0 Å². The fourth-order valence-corrected chi connectivity index (χ4v) is 2.04. The maximum Gasteiger partial charge on any atom is 0.135 e. The molecule has 0 radical (unpaired) electrons. The van der Waals surface area contributed by atoms with Gasteiger partial charge >= 0.3 is 0 Å². The first kappa shape index (κ1) is 14.3. The molecule has 2 N–H and O–H groups in total. The smallest absolute Gasteiger partial charge is 0.135 e. The highest BCUT2D eigenvalue weighted by molar-refractivity contribution is 5.49. The van der Waals surface area contributed by atoms with Crippen LogP contribution in [0.2, 0.25) is 0 Å². The van der Waals surface area contributed by atoms with E-state index in [1.54, 1.807) is 19.2 Å². The van der Waals surface area contributed by atoms with Gasteiger partial charge in [-0.3, -0.25) is 0 Å². The Kier molecular flexibility index (Phi) is 4.25. The molecular formula is C16H18FNO2. The number of aryl methyl sites for hydroxylation is 1. The van der Waals surface area contributed by atoms with Gasteiger partial charge in [0.15, 0.2) is 0 Å². The SMILES string of the molecule is COc1cccc(Oc2cc(F)ccc2C)c1C(C)N. The van der Waals surface area contributed by atoms with Crippen molar-refractivity contribution in [1.29, 1.82) is 0 Å². The Hall–Kier alpha value is -2.07. The third kappa shape index (κ3) is 2.91. The molecule has 1 unspecified atom stereocenters. The maximum atomic E-state index is 13.3. The van der Waals surface area contributed by atoms with Gasteiger partial charge in [0.2, 0.25) is 0 Å². The van der Waals surface area contributed by atoms with Crippen molar-refractivity contribution in [1.82, 2.24) is 0 Å². The average molecular weight is 275 g/mol. The van der Waals surface area contributed by atoms with Crippen LogP contribution < -0.4 is 15.2 Å². The van der Waals surface area contributed by atoms with Crippen molar-refractivity contribution in [2.24, 2.45) is 5.73 Å². The second kappa shape index (κ2) is 5.92. The second-order valence-electron chi connectivity index (χ2n) is 4.67. The molecule has 2 rings (SSSR count). The lowest BCUT2D eigenvalue weighted by atomic mass is 10.1. The number of benzene rings is 2. The lowest BCUT2D eigenvalue weighted by Gasteiger charge is -2.18. The molecule has 0 amide bonds. The van der Waals surface area contributed by atoms with Crippen LogP contribution in [-0.4, -0.2) is 7.11 Å². The Morgan fingerprint density at radius 1 is 1.10 bits per heavy atom. The average Bonchev–Trinajstić information content (AvgIpc) is 2.42. The van der Waals surface area contributed by atoms with E-state index in [1.807, 2.05) is 26.0 Å². The van der Waals surface area contributed by atoms with Crippen molar-refractivity contribution in [2.45, 2.75) is 19.9 Å². The zero-order chi connectivity index (χ0) is 14.7. The van der Waals surface area contributed by atoms with Crippen LogP contribution in [0.15, 0.2) is 36.4 Å². The van der Waals surface area contributed by atoms with Crippen LogP contribution in [0.5, 0.6) is 17.2 Å². The molecule has 0 aliphatic heterocycles. The summed E-state index contributed by atoms with van der Waals surface area (Å²) in [7, 11) is 1.58. The number of halogens is 1. The van der Waals surface area contributed by atoms with E-state index < -0.39 is 0 Å². The van der Waals surface area contributed by atoms with Crippen LogP contribution in [0, 0.1) is 12.7 Å². The molecule has 2 aromatic rings. The first-order chi connectivity index (χ1) is 9.52. The molecule has 0 saturated heterocycles. The summed E-state index contributed by atoms with van der Waals surface area (Å²) in [4.78, 5) is 0.